The van der Waals surface area contributed by atoms with Crippen molar-refractivity contribution in [2.24, 2.45) is 0 Å². The average molecular weight is 370 g/mol. The smallest absolute Gasteiger partial charge is 0.248 e. The van der Waals surface area contributed by atoms with Gasteiger partial charge in [-0.1, -0.05) is 41.9 Å². The van der Waals surface area contributed by atoms with E-state index in [2.05, 4.69) is 23.5 Å². The van der Waals surface area contributed by atoms with Crippen molar-refractivity contribution in [3.8, 4) is 16.2 Å². The quantitative estimate of drug-likeness (QED) is 0.583. The number of rotatable bonds is 5. The number of thiophene rings is 1. The maximum atomic E-state index is 12.1. The van der Waals surface area contributed by atoms with Gasteiger partial charge < -0.3 is 10.1 Å². The summed E-state index contributed by atoms with van der Waals surface area (Å²) >= 11 is 7.69. The summed E-state index contributed by atoms with van der Waals surface area (Å²) in [6, 6.07) is 19.3. The highest BCUT2D eigenvalue weighted by atomic mass is 35.5. The van der Waals surface area contributed by atoms with Gasteiger partial charge in [0.1, 0.15) is 5.75 Å². The molecular formula is C20H16ClNO2S. The molecule has 0 saturated carbocycles. The van der Waals surface area contributed by atoms with E-state index in [9.17, 15) is 4.79 Å². The number of carbonyl (C=O) groups is 1. The SMILES string of the molecule is COc1ccc(NC(=O)/C=C/c2ccc(-c3ccccc3)s2)cc1Cl. The third-order valence-electron chi connectivity index (χ3n) is 3.50. The van der Waals surface area contributed by atoms with Crippen LogP contribution in [0.3, 0.4) is 0 Å². The van der Waals surface area contributed by atoms with Crippen molar-refractivity contribution < 1.29 is 9.53 Å². The zero-order chi connectivity index (χ0) is 17.6. The van der Waals surface area contributed by atoms with Crippen LogP contribution in [0.2, 0.25) is 5.02 Å². The number of halogens is 1. The van der Waals surface area contributed by atoms with E-state index >= 15 is 0 Å². The van der Waals surface area contributed by atoms with Crippen LogP contribution in [0.25, 0.3) is 16.5 Å². The first kappa shape index (κ1) is 17.3. The maximum absolute atomic E-state index is 12.1. The third kappa shape index (κ3) is 4.50. The van der Waals surface area contributed by atoms with Gasteiger partial charge in [-0.25, -0.2) is 0 Å². The number of hydrogen-bond donors (Lipinski definition) is 1. The van der Waals surface area contributed by atoms with Crippen LogP contribution in [0.1, 0.15) is 4.88 Å². The van der Waals surface area contributed by atoms with Crippen molar-refractivity contribution in [3.63, 3.8) is 0 Å². The molecule has 25 heavy (non-hydrogen) atoms. The van der Waals surface area contributed by atoms with Crippen molar-refractivity contribution in [3.05, 3.63) is 76.6 Å². The first-order valence-corrected chi connectivity index (χ1v) is 8.83. The van der Waals surface area contributed by atoms with Gasteiger partial charge in [0, 0.05) is 21.5 Å². The molecule has 0 saturated heterocycles. The van der Waals surface area contributed by atoms with Crippen LogP contribution in [0.4, 0.5) is 5.69 Å². The lowest BCUT2D eigenvalue weighted by molar-refractivity contribution is -0.111. The molecule has 0 atom stereocenters. The van der Waals surface area contributed by atoms with E-state index in [1.807, 2.05) is 24.3 Å². The van der Waals surface area contributed by atoms with Gasteiger partial charge in [0.25, 0.3) is 0 Å². The number of hydrogen-bond acceptors (Lipinski definition) is 3. The van der Waals surface area contributed by atoms with Gasteiger partial charge in [-0.2, -0.15) is 0 Å². The lowest BCUT2D eigenvalue weighted by atomic mass is 10.2. The van der Waals surface area contributed by atoms with E-state index in [1.165, 1.54) is 16.5 Å². The lowest BCUT2D eigenvalue weighted by Gasteiger charge is -2.06. The molecule has 0 aliphatic carbocycles. The van der Waals surface area contributed by atoms with Crippen molar-refractivity contribution >= 4 is 40.6 Å². The summed E-state index contributed by atoms with van der Waals surface area (Å²) in [4.78, 5) is 14.2. The molecule has 0 radical (unpaired) electrons. The Morgan fingerprint density at radius 2 is 1.92 bits per heavy atom. The molecule has 3 rings (SSSR count). The minimum Gasteiger partial charge on any atom is -0.495 e. The molecule has 0 unspecified atom stereocenters. The predicted molar refractivity (Wildman–Crippen MR) is 105 cm³/mol. The number of methoxy groups -OCH3 is 1. The Morgan fingerprint density at radius 3 is 2.64 bits per heavy atom. The van der Waals surface area contributed by atoms with Gasteiger partial charge >= 0.3 is 0 Å². The average Bonchev–Trinajstić information content (AvgIpc) is 3.10. The van der Waals surface area contributed by atoms with Crippen molar-refractivity contribution in [1.82, 2.24) is 0 Å². The van der Waals surface area contributed by atoms with E-state index in [0.717, 1.165) is 4.88 Å². The molecule has 0 aliphatic rings. The van der Waals surface area contributed by atoms with Crippen LogP contribution in [0, 0.1) is 0 Å². The molecule has 1 N–H and O–H groups in total. The monoisotopic (exact) mass is 369 g/mol. The zero-order valence-electron chi connectivity index (χ0n) is 13.5. The molecule has 126 valence electrons. The largest absolute Gasteiger partial charge is 0.495 e. The summed E-state index contributed by atoms with van der Waals surface area (Å²) in [6.45, 7) is 0. The summed E-state index contributed by atoms with van der Waals surface area (Å²) < 4.78 is 5.09. The molecule has 0 fully saturated rings. The van der Waals surface area contributed by atoms with E-state index in [4.69, 9.17) is 16.3 Å². The number of nitrogens with one attached hydrogen (secondary N) is 1. The Kier molecular flexibility index (Phi) is 5.53. The summed E-state index contributed by atoms with van der Waals surface area (Å²) in [5, 5.41) is 3.24. The van der Waals surface area contributed by atoms with E-state index in [1.54, 1.807) is 42.7 Å². The van der Waals surface area contributed by atoms with Crippen LogP contribution in [-0.4, -0.2) is 13.0 Å². The predicted octanol–water partition coefficient (Wildman–Crippen LogP) is 5.73. The molecule has 3 aromatic rings. The van der Waals surface area contributed by atoms with E-state index < -0.39 is 0 Å². The molecule has 2 aromatic carbocycles. The summed E-state index contributed by atoms with van der Waals surface area (Å²) in [5.74, 6) is 0.359. The Bertz CT molecular complexity index is 903. The number of anilines is 1. The van der Waals surface area contributed by atoms with Gasteiger partial charge in [-0.05, 0) is 42.0 Å². The molecular weight excluding hydrogens is 354 g/mol. The first-order valence-electron chi connectivity index (χ1n) is 7.63. The second-order valence-electron chi connectivity index (χ2n) is 5.24. The summed E-state index contributed by atoms with van der Waals surface area (Å²) in [5.41, 5.74) is 1.79. The molecule has 0 bridgehead atoms. The molecule has 5 heteroatoms. The second-order valence-corrected chi connectivity index (χ2v) is 6.76. The highest BCUT2D eigenvalue weighted by Gasteiger charge is 2.04. The second kappa shape index (κ2) is 8.01. The lowest BCUT2D eigenvalue weighted by Crippen LogP contribution is -2.07. The molecule has 1 heterocycles. The normalized spacial score (nSPS) is 10.8. The minimum atomic E-state index is -0.212. The van der Waals surface area contributed by atoms with Crippen LogP contribution in [-0.2, 0) is 4.79 Å². The van der Waals surface area contributed by atoms with Gasteiger partial charge in [-0.15, -0.1) is 11.3 Å². The fraction of sp³-hybridized carbons (Fsp3) is 0.0500. The molecule has 3 nitrogen and oxygen atoms in total. The first-order chi connectivity index (χ1) is 12.2. The summed E-state index contributed by atoms with van der Waals surface area (Å²) in [6.07, 6.45) is 3.32. The fourth-order valence-corrected chi connectivity index (χ4v) is 3.46. The van der Waals surface area contributed by atoms with Gasteiger partial charge in [0.15, 0.2) is 0 Å². The highest BCUT2D eigenvalue weighted by Crippen LogP contribution is 2.29. The van der Waals surface area contributed by atoms with Gasteiger partial charge in [-0.3, -0.25) is 4.79 Å². The van der Waals surface area contributed by atoms with Gasteiger partial charge in [0.05, 0.1) is 12.1 Å². The number of amides is 1. The van der Waals surface area contributed by atoms with Crippen LogP contribution in [0.5, 0.6) is 5.75 Å². The summed E-state index contributed by atoms with van der Waals surface area (Å²) in [7, 11) is 1.55. The number of ether oxygens (including phenoxy) is 1. The molecule has 1 aromatic heterocycles. The Labute approximate surface area is 155 Å². The zero-order valence-corrected chi connectivity index (χ0v) is 15.1. The molecule has 0 spiro atoms. The van der Waals surface area contributed by atoms with Crippen molar-refractivity contribution in [2.45, 2.75) is 0 Å². The highest BCUT2D eigenvalue weighted by molar-refractivity contribution is 7.16. The van der Waals surface area contributed by atoms with Crippen LogP contribution >= 0.6 is 22.9 Å². The Balaban J connectivity index is 1.65. The standard InChI is InChI=1S/C20H16ClNO2S/c1-24-18-10-7-15(13-17(18)21)22-20(23)12-9-16-8-11-19(25-16)14-5-3-2-4-6-14/h2-13H,1H3,(H,22,23)/b12-9+. The van der Waals surface area contributed by atoms with E-state index in [-0.39, 0.29) is 5.91 Å². The maximum Gasteiger partial charge on any atom is 0.248 e. The Hall–Kier alpha value is -2.56. The van der Waals surface area contributed by atoms with Crippen LogP contribution < -0.4 is 10.1 Å². The van der Waals surface area contributed by atoms with Crippen LogP contribution in [0.15, 0.2) is 66.7 Å². The molecule has 0 aliphatic heterocycles. The topological polar surface area (TPSA) is 38.3 Å². The van der Waals surface area contributed by atoms with Crippen molar-refractivity contribution in [2.75, 3.05) is 12.4 Å². The van der Waals surface area contributed by atoms with E-state index in [0.29, 0.717) is 16.5 Å². The fourth-order valence-electron chi connectivity index (χ4n) is 2.29. The number of carbonyl (C=O) groups excluding carboxylic acids is 1. The minimum absolute atomic E-state index is 0.212. The molecule has 1 amide bonds. The third-order valence-corrected chi connectivity index (χ3v) is 4.90. The van der Waals surface area contributed by atoms with Crippen molar-refractivity contribution in [1.29, 1.82) is 0 Å². The Morgan fingerprint density at radius 1 is 1.12 bits per heavy atom. The van der Waals surface area contributed by atoms with Gasteiger partial charge in [0.2, 0.25) is 5.91 Å². The number of benzene rings is 2.